The van der Waals surface area contributed by atoms with Crippen LogP contribution in [-0.4, -0.2) is 25.0 Å². The number of hydrogen-bond acceptors (Lipinski definition) is 5. The summed E-state index contributed by atoms with van der Waals surface area (Å²) in [4.78, 5) is 16.6. The summed E-state index contributed by atoms with van der Waals surface area (Å²) in [7, 11) is 0. The highest BCUT2D eigenvalue weighted by Gasteiger charge is 2.13. The molecule has 0 radical (unpaired) electrons. The van der Waals surface area contributed by atoms with Crippen LogP contribution in [0.3, 0.4) is 0 Å². The molecule has 4 rings (SSSR count). The van der Waals surface area contributed by atoms with Crippen LogP contribution in [0.15, 0.2) is 55.0 Å². The second kappa shape index (κ2) is 6.84. The van der Waals surface area contributed by atoms with E-state index >= 15 is 0 Å². The molecule has 26 heavy (non-hydrogen) atoms. The van der Waals surface area contributed by atoms with Crippen molar-refractivity contribution >= 4 is 22.7 Å². The third-order valence-corrected chi connectivity index (χ3v) is 4.23. The van der Waals surface area contributed by atoms with Crippen molar-refractivity contribution in [2.75, 3.05) is 5.32 Å². The van der Waals surface area contributed by atoms with E-state index in [2.05, 4.69) is 38.2 Å². The molecule has 0 saturated carbocycles. The topological polar surface area (TPSA) is 86.7 Å². The number of pyridine rings is 1. The van der Waals surface area contributed by atoms with Crippen molar-refractivity contribution in [1.82, 2.24) is 19.9 Å². The van der Waals surface area contributed by atoms with Crippen molar-refractivity contribution in [3.05, 3.63) is 60.6 Å². The Balaban J connectivity index is 1.72. The first-order valence-electron chi connectivity index (χ1n) is 8.59. The van der Waals surface area contributed by atoms with Crippen LogP contribution in [0.2, 0.25) is 0 Å². The molecule has 6 heteroatoms. The van der Waals surface area contributed by atoms with Crippen LogP contribution >= 0.6 is 0 Å². The molecule has 0 aliphatic heterocycles. The van der Waals surface area contributed by atoms with Crippen LogP contribution in [0.1, 0.15) is 18.9 Å². The summed E-state index contributed by atoms with van der Waals surface area (Å²) in [6, 6.07) is 10.8. The molecule has 0 unspecified atom stereocenters. The fourth-order valence-electron chi connectivity index (χ4n) is 3.05. The van der Waals surface area contributed by atoms with Crippen LogP contribution in [0.4, 0.5) is 11.6 Å². The highest BCUT2D eigenvalue weighted by Crippen LogP contribution is 2.30. The normalized spacial score (nSPS) is 11.0. The smallest absolute Gasteiger partial charge is 0.227 e. The van der Waals surface area contributed by atoms with Crippen LogP contribution in [0, 0.1) is 0 Å². The minimum Gasteiger partial charge on any atom is -0.508 e. The Bertz CT molecular complexity index is 1040. The van der Waals surface area contributed by atoms with Crippen LogP contribution in [-0.2, 0) is 6.42 Å². The van der Waals surface area contributed by atoms with Gasteiger partial charge in [0, 0.05) is 35.2 Å². The van der Waals surface area contributed by atoms with E-state index < -0.39 is 0 Å². The summed E-state index contributed by atoms with van der Waals surface area (Å²) in [6.45, 7) is 2.17. The Kier molecular flexibility index (Phi) is 4.23. The number of H-pyrrole nitrogens is 1. The monoisotopic (exact) mass is 345 g/mol. The molecule has 4 aromatic rings. The summed E-state index contributed by atoms with van der Waals surface area (Å²) >= 11 is 0. The number of aromatic amines is 1. The first-order chi connectivity index (χ1) is 12.7. The Morgan fingerprint density at radius 1 is 1.04 bits per heavy atom. The van der Waals surface area contributed by atoms with Crippen molar-refractivity contribution in [3.63, 3.8) is 0 Å². The maximum Gasteiger partial charge on any atom is 0.227 e. The average Bonchev–Trinajstić information content (AvgIpc) is 3.09. The predicted molar refractivity (Wildman–Crippen MR) is 103 cm³/mol. The standard InChI is InChI=1S/C20H19N5O/c1-2-3-13-8-10-21-19-18(13)16(12-23-19)17-9-11-22-20(25-17)24-14-4-6-15(26)7-5-14/h4-12,26H,2-3H2,1H3,(H,21,23)(H,22,24,25). The van der Waals surface area contributed by atoms with Crippen molar-refractivity contribution in [3.8, 4) is 17.0 Å². The van der Waals surface area contributed by atoms with Gasteiger partial charge >= 0.3 is 0 Å². The second-order valence-corrected chi connectivity index (χ2v) is 6.08. The maximum absolute atomic E-state index is 9.39. The number of nitrogens with zero attached hydrogens (tertiary/aromatic N) is 3. The molecule has 0 aliphatic rings. The molecule has 130 valence electrons. The van der Waals surface area contributed by atoms with Crippen LogP contribution in [0.25, 0.3) is 22.3 Å². The van der Waals surface area contributed by atoms with Gasteiger partial charge in [-0.3, -0.25) is 0 Å². The SMILES string of the molecule is CCCc1ccnc2[nH]cc(-c3ccnc(Nc4ccc(O)cc4)n3)c12. The number of benzene rings is 1. The zero-order chi connectivity index (χ0) is 17.9. The summed E-state index contributed by atoms with van der Waals surface area (Å²) in [6.07, 6.45) is 7.59. The molecule has 3 heterocycles. The largest absolute Gasteiger partial charge is 0.508 e. The Hall–Kier alpha value is -3.41. The molecular formula is C20H19N5O. The second-order valence-electron chi connectivity index (χ2n) is 6.08. The van der Waals surface area contributed by atoms with E-state index in [1.54, 1.807) is 30.5 Å². The number of phenolic OH excluding ortho intramolecular Hbond substituents is 1. The van der Waals surface area contributed by atoms with E-state index in [0.29, 0.717) is 5.95 Å². The van der Waals surface area contributed by atoms with Gasteiger partial charge in [0.15, 0.2) is 0 Å². The first kappa shape index (κ1) is 16.1. The molecule has 0 amide bonds. The molecule has 0 aliphatic carbocycles. The molecule has 0 saturated heterocycles. The van der Waals surface area contributed by atoms with Gasteiger partial charge in [-0.2, -0.15) is 0 Å². The number of fused-ring (bicyclic) bond motifs is 1. The Morgan fingerprint density at radius 2 is 1.85 bits per heavy atom. The van der Waals surface area contributed by atoms with Gasteiger partial charge in [-0.1, -0.05) is 13.3 Å². The third-order valence-electron chi connectivity index (χ3n) is 4.23. The Morgan fingerprint density at radius 3 is 2.65 bits per heavy atom. The highest BCUT2D eigenvalue weighted by molar-refractivity contribution is 5.95. The number of aromatic hydroxyl groups is 1. The van der Waals surface area contributed by atoms with E-state index in [1.165, 1.54) is 5.56 Å². The van der Waals surface area contributed by atoms with E-state index in [4.69, 9.17) is 0 Å². The van der Waals surface area contributed by atoms with Gasteiger partial charge < -0.3 is 15.4 Å². The number of aromatic nitrogens is 4. The van der Waals surface area contributed by atoms with Crippen molar-refractivity contribution < 1.29 is 5.11 Å². The summed E-state index contributed by atoms with van der Waals surface area (Å²) in [5, 5.41) is 13.7. The maximum atomic E-state index is 9.39. The number of hydrogen-bond donors (Lipinski definition) is 3. The molecule has 1 aromatic carbocycles. The lowest BCUT2D eigenvalue weighted by Gasteiger charge is -2.07. The van der Waals surface area contributed by atoms with Crippen molar-refractivity contribution in [2.45, 2.75) is 19.8 Å². The van der Waals surface area contributed by atoms with Crippen LogP contribution in [0.5, 0.6) is 5.75 Å². The van der Waals surface area contributed by atoms with Crippen molar-refractivity contribution in [1.29, 1.82) is 0 Å². The van der Waals surface area contributed by atoms with Gasteiger partial charge in [-0.25, -0.2) is 15.0 Å². The number of rotatable bonds is 5. The summed E-state index contributed by atoms with van der Waals surface area (Å²) in [5.74, 6) is 0.725. The lowest BCUT2D eigenvalue weighted by Crippen LogP contribution is -1.97. The first-order valence-corrected chi connectivity index (χ1v) is 8.59. The molecule has 3 N–H and O–H groups in total. The summed E-state index contributed by atoms with van der Waals surface area (Å²) in [5.41, 5.74) is 4.80. The van der Waals surface area contributed by atoms with E-state index in [-0.39, 0.29) is 5.75 Å². The molecular weight excluding hydrogens is 326 g/mol. The van der Waals surface area contributed by atoms with E-state index in [1.807, 2.05) is 18.5 Å². The van der Waals surface area contributed by atoms with E-state index in [0.717, 1.165) is 40.8 Å². The van der Waals surface area contributed by atoms with Gasteiger partial charge in [0.1, 0.15) is 11.4 Å². The zero-order valence-corrected chi connectivity index (χ0v) is 14.4. The molecule has 0 atom stereocenters. The third kappa shape index (κ3) is 3.09. The van der Waals surface area contributed by atoms with Gasteiger partial charge in [0.05, 0.1) is 5.69 Å². The quantitative estimate of drug-likeness (QED) is 0.466. The molecule has 0 spiro atoms. The Labute approximate surface area is 151 Å². The fourth-order valence-corrected chi connectivity index (χ4v) is 3.05. The average molecular weight is 345 g/mol. The van der Waals surface area contributed by atoms with Gasteiger partial charge in [-0.15, -0.1) is 0 Å². The minimum absolute atomic E-state index is 0.222. The number of phenols is 1. The lowest BCUT2D eigenvalue weighted by molar-refractivity contribution is 0.475. The molecule has 0 fully saturated rings. The van der Waals surface area contributed by atoms with Gasteiger partial charge in [0.25, 0.3) is 0 Å². The predicted octanol–water partition coefficient (Wildman–Crippen LogP) is 4.42. The van der Waals surface area contributed by atoms with E-state index in [9.17, 15) is 5.11 Å². The summed E-state index contributed by atoms with van der Waals surface area (Å²) < 4.78 is 0. The number of nitrogens with one attached hydrogen (secondary N) is 2. The molecule has 0 bridgehead atoms. The zero-order valence-electron chi connectivity index (χ0n) is 14.4. The lowest BCUT2D eigenvalue weighted by atomic mass is 10.0. The molecule has 3 aromatic heterocycles. The molecule has 6 nitrogen and oxygen atoms in total. The highest BCUT2D eigenvalue weighted by atomic mass is 16.3. The number of anilines is 2. The fraction of sp³-hybridized carbons (Fsp3) is 0.150. The minimum atomic E-state index is 0.222. The van der Waals surface area contributed by atoms with Gasteiger partial charge in [0.2, 0.25) is 5.95 Å². The van der Waals surface area contributed by atoms with Gasteiger partial charge in [-0.05, 0) is 48.4 Å². The van der Waals surface area contributed by atoms with Crippen molar-refractivity contribution in [2.24, 2.45) is 0 Å². The van der Waals surface area contributed by atoms with Crippen LogP contribution < -0.4 is 5.32 Å². The number of aryl methyl sites for hydroxylation is 1.